The van der Waals surface area contributed by atoms with Crippen molar-refractivity contribution < 1.29 is 14.3 Å². The Kier molecular flexibility index (Phi) is 5.80. The van der Waals surface area contributed by atoms with Crippen LogP contribution in [0.15, 0.2) is 51.9 Å². The second-order valence-electron chi connectivity index (χ2n) is 5.87. The predicted molar refractivity (Wildman–Crippen MR) is 113 cm³/mol. The fourth-order valence-corrected chi connectivity index (χ4v) is 4.86. The van der Waals surface area contributed by atoms with Crippen LogP contribution in [0.1, 0.15) is 11.4 Å². The number of nitrogens with zero attached hydrogens (tertiary/aromatic N) is 2. The summed E-state index contributed by atoms with van der Waals surface area (Å²) in [7, 11) is 1.64. The molecule has 28 heavy (non-hydrogen) atoms. The molecule has 0 amide bonds. The molecule has 0 aliphatic carbocycles. The number of carbonyl (C=O) groups excluding carboxylic acids is 1. The number of hydrogen-bond acceptors (Lipinski definition) is 8. The van der Waals surface area contributed by atoms with Crippen molar-refractivity contribution in [3.63, 3.8) is 0 Å². The number of methoxy groups -OCH3 is 1. The largest absolute Gasteiger partial charge is 0.497 e. The third-order valence-electron chi connectivity index (χ3n) is 3.89. The van der Waals surface area contributed by atoms with E-state index in [-0.39, 0.29) is 19.0 Å². The normalized spacial score (nSPS) is 10.8. The highest BCUT2D eigenvalue weighted by Gasteiger charge is 2.12. The highest BCUT2D eigenvalue weighted by Crippen LogP contribution is 2.28. The van der Waals surface area contributed by atoms with Gasteiger partial charge in [0.15, 0.2) is 0 Å². The molecule has 4 aromatic rings. The molecule has 8 heteroatoms. The Morgan fingerprint density at radius 2 is 1.79 bits per heavy atom. The Hall–Kier alpha value is -2.55. The number of carbonyl (C=O) groups is 1. The highest BCUT2D eigenvalue weighted by molar-refractivity contribution is 7.14. The lowest BCUT2D eigenvalue weighted by Gasteiger charge is -2.02. The van der Waals surface area contributed by atoms with Crippen molar-refractivity contribution in [3.05, 3.63) is 63.2 Å². The van der Waals surface area contributed by atoms with Gasteiger partial charge in [0.1, 0.15) is 22.4 Å². The zero-order valence-electron chi connectivity index (χ0n) is 15.0. The average Bonchev–Trinajstić information content (AvgIpc) is 3.47. The summed E-state index contributed by atoms with van der Waals surface area (Å²) in [5.41, 5.74) is 3.52. The van der Waals surface area contributed by atoms with Crippen molar-refractivity contribution in [1.82, 2.24) is 9.97 Å². The second kappa shape index (κ2) is 8.64. The predicted octanol–water partition coefficient (Wildman–Crippen LogP) is 5.29. The maximum atomic E-state index is 12.1. The number of benzene rings is 1. The van der Waals surface area contributed by atoms with E-state index in [4.69, 9.17) is 9.47 Å². The Morgan fingerprint density at radius 1 is 1.00 bits per heavy atom. The molecule has 3 aromatic heterocycles. The molecule has 0 spiro atoms. The van der Waals surface area contributed by atoms with Gasteiger partial charge >= 0.3 is 5.97 Å². The van der Waals surface area contributed by atoms with Gasteiger partial charge < -0.3 is 9.47 Å². The Labute approximate surface area is 174 Å². The molecule has 0 atom stereocenters. The average molecular weight is 429 g/mol. The van der Waals surface area contributed by atoms with Crippen LogP contribution in [-0.2, 0) is 22.6 Å². The monoisotopic (exact) mass is 428 g/mol. The summed E-state index contributed by atoms with van der Waals surface area (Å²) in [4.78, 5) is 21.2. The molecule has 0 aliphatic heterocycles. The number of esters is 1. The van der Waals surface area contributed by atoms with Crippen LogP contribution >= 0.6 is 34.0 Å². The van der Waals surface area contributed by atoms with Crippen LogP contribution in [0.2, 0.25) is 0 Å². The zero-order chi connectivity index (χ0) is 19.3. The summed E-state index contributed by atoms with van der Waals surface area (Å²) in [6.45, 7) is 0.154. The Bertz CT molecular complexity index is 1070. The number of aromatic nitrogens is 2. The van der Waals surface area contributed by atoms with Crippen molar-refractivity contribution >= 4 is 40.0 Å². The molecule has 5 nitrogen and oxygen atoms in total. The molecule has 0 saturated heterocycles. The quantitative estimate of drug-likeness (QED) is 0.374. The molecule has 3 heterocycles. The first-order valence-electron chi connectivity index (χ1n) is 8.42. The van der Waals surface area contributed by atoms with Gasteiger partial charge in [-0.1, -0.05) is 12.1 Å². The zero-order valence-corrected chi connectivity index (χ0v) is 17.4. The van der Waals surface area contributed by atoms with Gasteiger partial charge in [-0.05, 0) is 23.6 Å². The maximum absolute atomic E-state index is 12.1. The van der Waals surface area contributed by atoms with Crippen molar-refractivity contribution in [2.24, 2.45) is 0 Å². The Balaban J connectivity index is 1.33. The molecule has 1 aromatic carbocycles. The van der Waals surface area contributed by atoms with E-state index in [1.165, 1.54) is 22.7 Å². The van der Waals surface area contributed by atoms with Gasteiger partial charge in [-0.25, -0.2) is 9.97 Å². The smallest absolute Gasteiger partial charge is 0.312 e. The topological polar surface area (TPSA) is 61.3 Å². The van der Waals surface area contributed by atoms with Gasteiger partial charge in [-0.3, -0.25) is 4.79 Å². The first-order valence-corrected chi connectivity index (χ1v) is 11.1. The minimum Gasteiger partial charge on any atom is -0.497 e. The first-order chi connectivity index (χ1) is 13.7. The lowest BCUT2D eigenvalue weighted by Crippen LogP contribution is -2.08. The third-order valence-corrected chi connectivity index (χ3v) is 6.46. The first kappa shape index (κ1) is 18.8. The standard InChI is InChI=1S/C20H16N2O3S3/c1-24-17-4-2-3-13(7-17)19-22-16(12-28-19)9-25-18(23)8-15-11-27-20(21-15)14-5-6-26-10-14/h2-7,10-12H,8-9H2,1H3. The van der Waals surface area contributed by atoms with E-state index in [0.717, 1.165) is 38.3 Å². The van der Waals surface area contributed by atoms with E-state index in [9.17, 15) is 4.79 Å². The van der Waals surface area contributed by atoms with Crippen LogP contribution in [0.5, 0.6) is 5.75 Å². The molecular formula is C20H16N2O3S3. The molecule has 0 bridgehead atoms. The fourth-order valence-electron chi connectivity index (χ4n) is 2.52. The molecule has 142 valence electrons. The summed E-state index contributed by atoms with van der Waals surface area (Å²) >= 11 is 4.67. The van der Waals surface area contributed by atoms with Crippen LogP contribution in [0.3, 0.4) is 0 Å². The van der Waals surface area contributed by atoms with Gasteiger partial charge in [0.05, 0.1) is 24.9 Å². The van der Waals surface area contributed by atoms with E-state index in [1.54, 1.807) is 18.4 Å². The summed E-state index contributed by atoms with van der Waals surface area (Å²) < 4.78 is 10.6. The van der Waals surface area contributed by atoms with Crippen molar-refractivity contribution in [2.75, 3.05) is 7.11 Å². The molecule has 0 aliphatic rings. The number of thiazole rings is 2. The van der Waals surface area contributed by atoms with Gasteiger partial charge in [0, 0.05) is 27.3 Å². The SMILES string of the molecule is COc1cccc(-c2nc(COC(=O)Cc3csc(-c4ccsc4)n3)cs2)c1. The number of ether oxygens (including phenoxy) is 2. The summed E-state index contributed by atoms with van der Waals surface area (Å²) in [5.74, 6) is 0.476. The molecule has 0 saturated carbocycles. The van der Waals surface area contributed by atoms with Crippen molar-refractivity contribution in [3.8, 4) is 26.9 Å². The highest BCUT2D eigenvalue weighted by atomic mass is 32.1. The minimum absolute atomic E-state index is 0.154. The van der Waals surface area contributed by atoms with Gasteiger partial charge in [0.25, 0.3) is 0 Å². The molecule has 0 unspecified atom stereocenters. The molecule has 0 N–H and O–H groups in total. The number of rotatable bonds is 7. The second-order valence-corrected chi connectivity index (χ2v) is 8.37. The van der Waals surface area contributed by atoms with Crippen LogP contribution < -0.4 is 4.74 Å². The lowest BCUT2D eigenvalue weighted by molar-refractivity contribution is -0.144. The molecular weight excluding hydrogens is 412 g/mol. The third kappa shape index (κ3) is 4.46. The number of hydrogen-bond donors (Lipinski definition) is 0. The maximum Gasteiger partial charge on any atom is 0.312 e. The molecule has 0 fully saturated rings. The number of thiophene rings is 1. The van der Waals surface area contributed by atoms with Crippen molar-refractivity contribution in [2.45, 2.75) is 13.0 Å². The van der Waals surface area contributed by atoms with Crippen LogP contribution in [0.4, 0.5) is 0 Å². The summed E-state index contributed by atoms with van der Waals surface area (Å²) in [5, 5.41) is 9.65. The van der Waals surface area contributed by atoms with Crippen LogP contribution in [0, 0.1) is 0 Å². The van der Waals surface area contributed by atoms with E-state index < -0.39 is 0 Å². The van der Waals surface area contributed by atoms with E-state index in [0.29, 0.717) is 0 Å². The van der Waals surface area contributed by atoms with E-state index >= 15 is 0 Å². The van der Waals surface area contributed by atoms with Gasteiger partial charge in [-0.15, -0.1) is 22.7 Å². The fraction of sp³-hybridized carbons (Fsp3) is 0.150. The lowest BCUT2D eigenvalue weighted by atomic mass is 10.2. The van der Waals surface area contributed by atoms with Crippen LogP contribution in [0.25, 0.3) is 21.1 Å². The summed E-state index contributed by atoms with van der Waals surface area (Å²) in [6, 6.07) is 9.75. The van der Waals surface area contributed by atoms with Crippen LogP contribution in [-0.4, -0.2) is 23.0 Å². The Morgan fingerprint density at radius 3 is 2.57 bits per heavy atom. The van der Waals surface area contributed by atoms with Gasteiger partial charge in [0.2, 0.25) is 0 Å². The summed E-state index contributed by atoms with van der Waals surface area (Å²) in [6.07, 6.45) is 0.160. The van der Waals surface area contributed by atoms with E-state index in [1.807, 2.05) is 51.9 Å². The molecule has 0 radical (unpaired) electrons. The molecule has 4 rings (SSSR count). The van der Waals surface area contributed by atoms with E-state index in [2.05, 4.69) is 9.97 Å². The van der Waals surface area contributed by atoms with Crippen molar-refractivity contribution in [1.29, 1.82) is 0 Å². The van der Waals surface area contributed by atoms with Gasteiger partial charge in [-0.2, -0.15) is 11.3 Å². The minimum atomic E-state index is -0.307.